The van der Waals surface area contributed by atoms with E-state index in [2.05, 4.69) is 6.92 Å². The molecule has 0 radical (unpaired) electrons. The number of allylic oxidation sites excluding steroid dienone is 3. The van der Waals surface area contributed by atoms with Gasteiger partial charge in [0.1, 0.15) is 0 Å². The minimum atomic E-state index is -2.60. The second-order valence-electron chi connectivity index (χ2n) is 3.65. The van der Waals surface area contributed by atoms with E-state index in [1.165, 1.54) is 0 Å². The fourth-order valence-electron chi connectivity index (χ4n) is 1.53. The number of thioether (sulfide) groups is 1. The van der Waals surface area contributed by atoms with Crippen LogP contribution < -0.4 is 0 Å². The highest BCUT2D eigenvalue weighted by Gasteiger charge is 2.33. The van der Waals surface area contributed by atoms with E-state index in [1.807, 2.05) is 13.0 Å². The fourth-order valence-corrected chi connectivity index (χ4v) is 2.35. The molecule has 0 amide bonds. The summed E-state index contributed by atoms with van der Waals surface area (Å²) in [7, 11) is 0. The molecule has 0 aromatic heterocycles. The first-order chi connectivity index (χ1) is 6.45. The van der Waals surface area contributed by atoms with E-state index in [-0.39, 0.29) is 0 Å². The van der Waals surface area contributed by atoms with Gasteiger partial charge < -0.3 is 0 Å². The predicted octanol–water partition coefficient (Wildman–Crippen LogP) is 4.24. The summed E-state index contributed by atoms with van der Waals surface area (Å²) in [6, 6.07) is 0. The highest BCUT2D eigenvalue weighted by molar-refractivity contribution is 8.03. The Hall–Kier alpha value is -0.310. The number of alkyl halides is 2. The number of halogens is 2. The SMILES string of the molecule is CCSC1=CCC(C(C)(F)F)C=C1C. The quantitative estimate of drug-likeness (QED) is 0.682. The molecule has 0 fully saturated rings. The molecule has 0 aromatic carbocycles. The van der Waals surface area contributed by atoms with Crippen LogP contribution >= 0.6 is 11.8 Å². The topological polar surface area (TPSA) is 0 Å². The molecule has 14 heavy (non-hydrogen) atoms. The van der Waals surface area contributed by atoms with Crippen molar-refractivity contribution < 1.29 is 8.78 Å². The van der Waals surface area contributed by atoms with Gasteiger partial charge in [-0.3, -0.25) is 0 Å². The molecule has 0 saturated carbocycles. The van der Waals surface area contributed by atoms with Gasteiger partial charge in [0.05, 0.1) is 0 Å². The molecule has 1 atom stereocenters. The molecule has 0 bridgehead atoms. The zero-order valence-electron chi connectivity index (χ0n) is 8.81. The van der Waals surface area contributed by atoms with E-state index < -0.39 is 11.8 Å². The molecule has 0 spiro atoms. The van der Waals surface area contributed by atoms with Gasteiger partial charge in [-0.15, -0.1) is 11.8 Å². The van der Waals surface area contributed by atoms with Crippen LogP contribution in [0.25, 0.3) is 0 Å². The summed E-state index contributed by atoms with van der Waals surface area (Å²) in [4.78, 5) is 1.16. The van der Waals surface area contributed by atoms with Crippen LogP contribution in [0.3, 0.4) is 0 Å². The van der Waals surface area contributed by atoms with Crippen LogP contribution in [0.15, 0.2) is 22.6 Å². The van der Waals surface area contributed by atoms with Crippen LogP contribution in [0.5, 0.6) is 0 Å². The van der Waals surface area contributed by atoms with Crippen LogP contribution in [0.1, 0.15) is 27.2 Å². The van der Waals surface area contributed by atoms with Crippen molar-refractivity contribution in [1.29, 1.82) is 0 Å². The minimum Gasteiger partial charge on any atom is -0.207 e. The Bertz CT molecular complexity index is 261. The molecule has 1 aliphatic rings. The van der Waals surface area contributed by atoms with Gasteiger partial charge in [0.2, 0.25) is 0 Å². The normalized spacial score (nSPS) is 23.1. The smallest absolute Gasteiger partial charge is 0.207 e. The average molecular weight is 218 g/mol. The highest BCUT2D eigenvalue weighted by Crippen LogP contribution is 2.37. The predicted molar refractivity (Wildman–Crippen MR) is 58.7 cm³/mol. The Morgan fingerprint density at radius 1 is 1.57 bits per heavy atom. The zero-order chi connectivity index (χ0) is 10.8. The lowest BCUT2D eigenvalue weighted by atomic mass is 9.92. The lowest BCUT2D eigenvalue weighted by Crippen LogP contribution is -2.23. The molecule has 0 aliphatic heterocycles. The molecule has 0 heterocycles. The summed E-state index contributed by atoms with van der Waals surface area (Å²) in [5.41, 5.74) is 0.995. The first-order valence-electron chi connectivity index (χ1n) is 4.84. The van der Waals surface area contributed by atoms with Crippen LogP contribution in [-0.4, -0.2) is 11.7 Å². The molecule has 0 saturated heterocycles. The second-order valence-corrected chi connectivity index (χ2v) is 4.96. The maximum absolute atomic E-state index is 13.0. The minimum absolute atomic E-state index is 0.461. The number of rotatable bonds is 3. The van der Waals surface area contributed by atoms with E-state index in [1.54, 1.807) is 17.8 Å². The van der Waals surface area contributed by atoms with Crippen molar-refractivity contribution in [1.82, 2.24) is 0 Å². The second kappa shape index (κ2) is 4.47. The summed E-state index contributed by atoms with van der Waals surface area (Å²) >= 11 is 1.72. The first-order valence-corrected chi connectivity index (χ1v) is 5.83. The summed E-state index contributed by atoms with van der Waals surface area (Å²) in [5, 5.41) is 0. The third kappa shape index (κ3) is 2.84. The Kier molecular flexibility index (Phi) is 3.76. The van der Waals surface area contributed by atoms with E-state index in [0.29, 0.717) is 6.42 Å². The van der Waals surface area contributed by atoms with E-state index in [0.717, 1.165) is 23.2 Å². The van der Waals surface area contributed by atoms with Crippen molar-refractivity contribution in [2.24, 2.45) is 5.92 Å². The van der Waals surface area contributed by atoms with Gasteiger partial charge in [0.25, 0.3) is 5.92 Å². The molecular formula is C11H16F2S. The summed E-state index contributed by atoms with van der Waals surface area (Å²) in [6.07, 6.45) is 4.10. The van der Waals surface area contributed by atoms with Crippen molar-refractivity contribution in [2.75, 3.05) is 5.75 Å². The van der Waals surface area contributed by atoms with Crippen molar-refractivity contribution in [3.05, 3.63) is 22.6 Å². The summed E-state index contributed by atoms with van der Waals surface area (Å²) in [6.45, 7) is 4.97. The van der Waals surface area contributed by atoms with E-state index in [9.17, 15) is 8.78 Å². The van der Waals surface area contributed by atoms with Crippen molar-refractivity contribution in [2.45, 2.75) is 33.1 Å². The molecule has 0 aromatic rings. The Balaban J connectivity index is 2.72. The first kappa shape index (κ1) is 11.8. The Morgan fingerprint density at radius 3 is 2.64 bits per heavy atom. The van der Waals surface area contributed by atoms with Gasteiger partial charge in [-0.2, -0.15) is 0 Å². The fraction of sp³-hybridized carbons (Fsp3) is 0.636. The van der Waals surface area contributed by atoms with Crippen LogP contribution in [0.2, 0.25) is 0 Å². The molecule has 0 nitrogen and oxygen atoms in total. The standard InChI is InChI=1S/C11H16F2S/c1-4-14-10-6-5-9(7-8(10)2)11(3,12)13/h6-7,9H,4-5H2,1-3H3. The lowest BCUT2D eigenvalue weighted by Gasteiger charge is -2.24. The van der Waals surface area contributed by atoms with E-state index >= 15 is 0 Å². The molecule has 80 valence electrons. The van der Waals surface area contributed by atoms with E-state index in [4.69, 9.17) is 0 Å². The molecule has 1 rings (SSSR count). The van der Waals surface area contributed by atoms with Crippen LogP contribution in [0, 0.1) is 5.92 Å². The molecule has 1 unspecified atom stereocenters. The average Bonchev–Trinajstić information content (AvgIpc) is 2.07. The third-order valence-corrected chi connectivity index (χ3v) is 3.44. The van der Waals surface area contributed by atoms with Crippen molar-refractivity contribution in [3.8, 4) is 0 Å². The number of hydrogen-bond acceptors (Lipinski definition) is 1. The lowest BCUT2D eigenvalue weighted by molar-refractivity contribution is -0.0204. The van der Waals surface area contributed by atoms with Crippen molar-refractivity contribution in [3.63, 3.8) is 0 Å². The monoisotopic (exact) mass is 218 g/mol. The van der Waals surface area contributed by atoms with Crippen molar-refractivity contribution >= 4 is 11.8 Å². The largest absolute Gasteiger partial charge is 0.251 e. The van der Waals surface area contributed by atoms with Gasteiger partial charge >= 0.3 is 0 Å². The maximum Gasteiger partial charge on any atom is 0.251 e. The van der Waals surface area contributed by atoms with Gasteiger partial charge in [0.15, 0.2) is 0 Å². The zero-order valence-corrected chi connectivity index (χ0v) is 9.63. The summed E-state index contributed by atoms with van der Waals surface area (Å²) < 4.78 is 26.0. The molecule has 3 heteroatoms. The van der Waals surface area contributed by atoms with Gasteiger partial charge in [-0.05, 0) is 31.6 Å². The molecular weight excluding hydrogens is 202 g/mol. The Labute approximate surface area is 88.5 Å². The Morgan fingerprint density at radius 2 is 2.21 bits per heavy atom. The van der Waals surface area contributed by atoms with Crippen LogP contribution in [-0.2, 0) is 0 Å². The van der Waals surface area contributed by atoms with Gasteiger partial charge in [-0.1, -0.05) is 19.1 Å². The van der Waals surface area contributed by atoms with Crippen LogP contribution in [0.4, 0.5) is 8.78 Å². The van der Waals surface area contributed by atoms with Gasteiger partial charge in [0, 0.05) is 10.8 Å². The highest BCUT2D eigenvalue weighted by atomic mass is 32.2. The third-order valence-electron chi connectivity index (χ3n) is 2.35. The summed E-state index contributed by atoms with van der Waals surface area (Å²) in [5.74, 6) is -2.23. The maximum atomic E-state index is 13.0. The molecule has 0 N–H and O–H groups in total. The number of hydrogen-bond donors (Lipinski definition) is 0. The molecule has 1 aliphatic carbocycles. The van der Waals surface area contributed by atoms with Gasteiger partial charge in [-0.25, -0.2) is 8.78 Å².